The lowest BCUT2D eigenvalue weighted by atomic mass is 10.0. The van der Waals surface area contributed by atoms with Crippen LogP contribution in [0.5, 0.6) is 23.0 Å². The molecule has 0 aliphatic carbocycles. The minimum atomic E-state index is 0.0698. The van der Waals surface area contributed by atoms with Crippen LogP contribution in [0.25, 0.3) is 0 Å². The number of aromatic nitrogens is 2. The lowest BCUT2D eigenvalue weighted by Gasteiger charge is -2.41. The number of para-hydroxylation sites is 2. The topological polar surface area (TPSA) is 59.8 Å². The number of anilines is 1. The highest BCUT2D eigenvalue weighted by molar-refractivity contribution is 5.97. The van der Waals surface area contributed by atoms with E-state index in [2.05, 4.69) is 33.5 Å². The summed E-state index contributed by atoms with van der Waals surface area (Å²) in [6.07, 6.45) is 5.82. The molecule has 7 heteroatoms. The standard InChI is InChI=1S/C30H30N4O3/c1-2-7-23-19-34-28-12-3-4-13-29(28)37-27-11-6-10-26(15-27)36-25-9-5-8-22(14-25)17-33-21-31-16-24(33)18-32(23)20-30(34)35/h3-6,8-16,21,23H,2,7,17-20H2,1H3. The van der Waals surface area contributed by atoms with E-state index in [1.54, 1.807) is 0 Å². The number of fused-ring (bicyclic) bond motifs is 2. The van der Waals surface area contributed by atoms with Crippen LogP contribution in [0, 0.1) is 0 Å². The Morgan fingerprint density at radius 1 is 0.892 bits per heavy atom. The first-order chi connectivity index (χ1) is 18.2. The van der Waals surface area contributed by atoms with Gasteiger partial charge in [0.2, 0.25) is 5.91 Å². The maximum Gasteiger partial charge on any atom is 0.241 e. The summed E-state index contributed by atoms with van der Waals surface area (Å²) in [6.45, 7) is 4.51. The average molecular weight is 495 g/mol. The lowest BCUT2D eigenvalue weighted by Crippen LogP contribution is -2.56. The fourth-order valence-electron chi connectivity index (χ4n) is 5.21. The predicted octanol–water partition coefficient (Wildman–Crippen LogP) is 5.85. The molecule has 1 fully saturated rings. The van der Waals surface area contributed by atoms with E-state index in [0.717, 1.165) is 35.5 Å². The molecule has 1 amide bonds. The van der Waals surface area contributed by atoms with Gasteiger partial charge in [0.25, 0.3) is 0 Å². The van der Waals surface area contributed by atoms with E-state index in [1.165, 1.54) is 0 Å². The summed E-state index contributed by atoms with van der Waals surface area (Å²) < 4.78 is 14.7. The zero-order valence-corrected chi connectivity index (χ0v) is 20.9. The molecule has 2 atom stereocenters. The third-order valence-corrected chi connectivity index (χ3v) is 7.01. The summed E-state index contributed by atoms with van der Waals surface area (Å²) in [5, 5.41) is 0. The van der Waals surface area contributed by atoms with Crippen LogP contribution in [-0.2, 0) is 17.9 Å². The number of ether oxygens (including phenoxy) is 2. The van der Waals surface area contributed by atoms with Crippen molar-refractivity contribution in [3.05, 3.63) is 96.6 Å². The summed E-state index contributed by atoms with van der Waals surface area (Å²) in [6, 6.07) is 23.7. The second kappa shape index (κ2) is 10.1. The van der Waals surface area contributed by atoms with Gasteiger partial charge in [-0.2, -0.15) is 0 Å². The monoisotopic (exact) mass is 494 g/mol. The molecule has 3 aliphatic heterocycles. The highest BCUT2D eigenvalue weighted by atomic mass is 16.5. The summed E-state index contributed by atoms with van der Waals surface area (Å²) in [5.41, 5.74) is 3.00. The van der Waals surface area contributed by atoms with Crippen molar-refractivity contribution < 1.29 is 14.3 Å². The van der Waals surface area contributed by atoms with E-state index in [1.807, 2.05) is 78.1 Å². The van der Waals surface area contributed by atoms with Gasteiger partial charge in [0.1, 0.15) is 17.2 Å². The first-order valence-electron chi connectivity index (χ1n) is 12.8. The van der Waals surface area contributed by atoms with Gasteiger partial charge in [-0.1, -0.05) is 43.7 Å². The van der Waals surface area contributed by atoms with Gasteiger partial charge in [0.05, 0.1) is 24.3 Å². The van der Waals surface area contributed by atoms with Crippen molar-refractivity contribution in [1.29, 1.82) is 0 Å². The van der Waals surface area contributed by atoms with Crippen LogP contribution in [0.4, 0.5) is 5.69 Å². The molecule has 7 nitrogen and oxygen atoms in total. The Kier molecular flexibility index (Phi) is 6.37. The Morgan fingerprint density at radius 3 is 2.54 bits per heavy atom. The normalized spacial score (nSPS) is 19.2. The number of carbonyl (C=O) groups excluding carboxylic acids is 1. The Labute approximate surface area is 216 Å². The lowest BCUT2D eigenvalue weighted by molar-refractivity contribution is -0.122. The molecule has 37 heavy (non-hydrogen) atoms. The molecule has 2 unspecified atom stereocenters. The molecular weight excluding hydrogens is 464 g/mol. The van der Waals surface area contributed by atoms with Crippen molar-refractivity contribution in [2.45, 2.75) is 38.9 Å². The minimum absolute atomic E-state index is 0.0698. The van der Waals surface area contributed by atoms with E-state index in [9.17, 15) is 4.79 Å². The fraction of sp³-hybridized carbons (Fsp3) is 0.267. The first-order valence-corrected chi connectivity index (χ1v) is 12.8. The van der Waals surface area contributed by atoms with Crippen LogP contribution >= 0.6 is 0 Å². The van der Waals surface area contributed by atoms with Gasteiger partial charge in [0, 0.05) is 37.9 Å². The third kappa shape index (κ3) is 4.95. The van der Waals surface area contributed by atoms with Crippen molar-refractivity contribution >= 4 is 11.6 Å². The number of piperazine rings is 1. The van der Waals surface area contributed by atoms with Gasteiger partial charge in [-0.3, -0.25) is 9.69 Å². The maximum atomic E-state index is 13.5. The second-order valence-corrected chi connectivity index (χ2v) is 9.66. The molecule has 7 rings (SSSR count). The van der Waals surface area contributed by atoms with Crippen LogP contribution in [-0.4, -0.2) is 39.5 Å². The fourth-order valence-corrected chi connectivity index (χ4v) is 5.21. The average Bonchev–Trinajstić information content (AvgIpc) is 3.32. The first kappa shape index (κ1) is 23.3. The second-order valence-electron chi connectivity index (χ2n) is 9.66. The zero-order valence-electron chi connectivity index (χ0n) is 20.9. The number of rotatable bonds is 2. The van der Waals surface area contributed by atoms with E-state index in [0.29, 0.717) is 43.4 Å². The number of amides is 1. The van der Waals surface area contributed by atoms with E-state index in [-0.39, 0.29) is 11.9 Å². The van der Waals surface area contributed by atoms with Crippen molar-refractivity contribution in [3.63, 3.8) is 0 Å². The molecule has 3 aromatic carbocycles. The molecule has 188 valence electrons. The molecule has 4 heterocycles. The maximum absolute atomic E-state index is 13.5. The predicted molar refractivity (Wildman–Crippen MR) is 142 cm³/mol. The summed E-state index contributed by atoms with van der Waals surface area (Å²) in [4.78, 5) is 22.1. The van der Waals surface area contributed by atoms with Gasteiger partial charge >= 0.3 is 0 Å². The molecule has 1 aromatic heterocycles. The SMILES string of the molecule is CCCC1CN2C(=O)CN1Cc1cncn1Cc1cccc(c1)Oc1cccc(c1)Oc1ccccc12. The molecular formula is C30H30N4O3. The highest BCUT2D eigenvalue weighted by Gasteiger charge is 2.34. The molecule has 1 saturated heterocycles. The van der Waals surface area contributed by atoms with Crippen LogP contribution in [0.3, 0.4) is 0 Å². The Morgan fingerprint density at radius 2 is 1.68 bits per heavy atom. The van der Waals surface area contributed by atoms with Crippen molar-refractivity contribution in [2.75, 3.05) is 18.0 Å². The zero-order chi connectivity index (χ0) is 25.2. The Bertz CT molecular complexity index is 1420. The number of hydrogen-bond acceptors (Lipinski definition) is 5. The summed E-state index contributed by atoms with van der Waals surface area (Å²) in [5.74, 6) is 2.82. The number of benzene rings is 3. The van der Waals surface area contributed by atoms with Crippen molar-refractivity contribution in [2.24, 2.45) is 0 Å². The number of carbonyl (C=O) groups is 1. The number of nitrogens with zero attached hydrogens (tertiary/aromatic N) is 4. The van der Waals surface area contributed by atoms with Gasteiger partial charge in [0.15, 0.2) is 5.75 Å². The molecule has 0 saturated carbocycles. The van der Waals surface area contributed by atoms with Crippen LogP contribution in [0.1, 0.15) is 31.0 Å². The third-order valence-electron chi connectivity index (χ3n) is 7.01. The molecule has 0 spiro atoms. The molecule has 6 bridgehead atoms. The number of imidazole rings is 1. The molecule has 0 N–H and O–H groups in total. The van der Waals surface area contributed by atoms with E-state index in [4.69, 9.17) is 9.47 Å². The van der Waals surface area contributed by atoms with E-state index >= 15 is 0 Å². The van der Waals surface area contributed by atoms with Crippen LogP contribution in [0.2, 0.25) is 0 Å². The van der Waals surface area contributed by atoms with Crippen molar-refractivity contribution in [3.8, 4) is 23.0 Å². The van der Waals surface area contributed by atoms with Crippen LogP contribution in [0.15, 0.2) is 85.3 Å². The Hall–Kier alpha value is -4.10. The quantitative estimate of drug-likeness (QED) is 0.350. The minimum Gasteiger partial charge on any atom is -0.457 e. The highest BCUT2D eigenvalue weighted by Crippen LogP contribution is 2.36. The summed E-state index contributed by atoms with van der Waals surface area (Å²) in [7, 11) is 0. The van der Waals surface area contributed by atoms with Gasteiger partial charge < -0.3 is 18.9 Å². The molecule has 3 aliphatic rings. The van der Waals surface area contributed by atoms with Crippen molar-refractivity contribution in [1.82, 2.24) is 14.5 Å². The molecule has 0 radical (unpaired) electrons. The molecule has 4 aromatic rings. The van der Waals surface area contributed by atoms with Gasteiger partial charge in [-0.05, 0) is 48.4 Å². The largest absolute Gasteiger partial charge is 0.457 e. The van der Waals surface area contributed by atoms with Gasteiger partial charge in [-0.25, -0.2) is 4.98 Å². The summed E-state index contributed by atoms with van der Waals surface area (Å²) >= 11 is 0. The number of hydrogen-bond donors (Lipinski definition) is 0. The van der Waals surface area contributed by atoms with E-state index < -0.39 is 0 Å². The smallest absolute Gasteiger partial charge is 0.241 e. The van der Waals surface area contributed by atoms with Gasteiger partial charge in [-0.15, -0.1) is 0 Å². The van der Waals surface area contributed by atoms with Crippen LogP contribution < -0.4 is 14.4 Å². The Balaban J connectivity index is 1.44.